The van der Waals surface area contributed by atoms with Crippen molar-refractivity contribution in [3.63, 3.8) is 0 Å². The Morgan fingerprint density at radius 2 is 1.56 bits per heavy atom. The van der Waals surface area contributed by atoms with Gasteiger partial charge in [-0.1, -0.05) is 17.7 Å². The van der Waals surface area contributed by atoms with Gasteiger partial charge >= 0.3 is 17.9 Å². The second-order valence-corrected chi connectivity index (χ2v) is 11.4. The first-order chi connectivity index (χ1) is 18.4. The zero-order valence-corrected chi connectivity index (χ0v) is 23.3. The van der Waals surface area contributed by atoms with Crippen LogP contribution in [0.25, 0.3) is 0 Å². The lowest BCUT2D eigenvalue weighted by Crippen LogP contribution is -2.72. The second kappa shape index (κ2) is 12.1. The number of hydrogen-bond acceptors (Lipinski definition) is 11. The molecule has 1 saturated heterocycles. The zero-order valence-electron chi connectivity index (χ0n) is 21.7. The smallest absolute Gasteiger partial charge is 0.343 e. The third kappa shape index (κ3) is 5.77. The highest BCUT2D eigenvalue weighted by molar-refractivity contribution is 8.00. The SMILES string of the molecule is CCOC(=O)C1(C(=O)OCC)[C@H](OC(C)=O)CS[C@@H](c2ccc([N+](=O)[O-])cc2)N1S(=O)(=O)c1ccc(C)cc1. The molecule has 1 aliphatic rings. The number of non-ortho nitro benzene ring substituents is 1. The molecule has 0 N–H and O–H groups in total. The number of carbonyl (C=O) groups excluding carboxylic acids is 3. The molecular formula is C25H28N2O10S2. The van der Waals surface area contributed by atoms with Crippen molar-refractivity contribution in [3.8, 4) is 0 Å². The Balaban J connectivity index is 2.40. The normalized spacial score (nSPS) is 19.1. The molecule has 14 heteroatoms. The van der Waals surface area contributed by atoms with Crippen LogP contribution in [0.15, 0.2) is 53.4 Å². The fourth-order valence-electron chi connectivity index (χ4n) is 4.15. The predicted molar refractivity (Wildman–Crippen MR) is 140 cm³/mol. The monoisotopic (exact) mass is 580 g/mol. The Kier molecular flexibility index (Phi) is 9.35. The highest BCUT2D eigenvalue weighted by Crippen LogP contribution is 2.50. The maximum Gasteiger partial charge on any atom is 0.343 e. The predicted octanol–water partition coefficient (Wildman–Crippen LogP) is 3.14. The molecule has 1 heterocycles. The summed E-state index contributed by atoms with van der Waals surface area (Å²) in [6, 6.07) is 10.8. The maximum absolute atomic E-state index is 14.4. The summed E-state index contributed by atoms with van der Waals surface area (Å²) in [5, 5.41) is 9.95. The van der Waals surface area contributed by atoms with Crippen LogP contribution in [0.2, 0.25) is 0 Å². The Morgan fingerprint density at radius 1 is 1.03 bits per heavy atom. The van der Waals surface area contributed by atoms with Gasteiger partial charge in [0.15, 0.2) is 6.10 Å². The number of sulfonamides is 1. The number of rotatable bonds is 9. The summed E-state index contributed by atoms with van der Waals surface area (Å²) in [5.74, 6) is -3.62. The summed E-state index contributed by atoms with van der Waals surface area (Å²) < 4.78 is 45.3. The Morgan fingerprint density at radius 3 is 2.03 bits per heavy atom. The second-order valence-electron chi connectivity index (χ2n) is 8.45. The lowest BCUT2D eigenvalue weighted by molar-refractivity contribution is -0.384. The number of benzene rings is 2. The maximum atomic E-state index is 14.4. The number of nitrogens with zero attached hydrogens (tertiary/aromatic N) is 2. The molecule has 12 nitrogen and oxygen atoms in total. The third-order valence-corrected chi connectivity index (χ3v) is 9.19. The largest absolute Gasteiger partial charge is 0.464 e. The first kappa shape index (κ1) is 30.1. The minimum absolute atomic E-state index is 0.196. The van der Waals surface area contributed by atoms with E-state index in [0.717, 1.165) is 24.2 Å². The van der Waals surface area contributed by atoms with Crippen LogP contribution < -0.4 is 0 Å². The molecule has 0 amide bonds. The van der Waals surface area contributed by atoms with E-state index in [1.807, 2.05) is 0 Å². The van der Waals surface area contributed by atoms with E-state index >= 15 is 0 Å². The van der Waals surface area contributed by atoms with Crippen LogP contribution >= 0.6 is 11.8 Å². The van der Waals surface area contributed by atoms with E-state index in [1.54, 1.807) is 19.1 Å². The zero-order chi connectivity index (χ0) is 29.0. The van der Waals surface area contributed by atoms with E-state index in [1.165, 1.54) is 50.2 Å². The van der Waals surface area contributed by atoms with Gasteiger partial charge in [-0.25, -0.2) is 18.0 Å². The molecule has 0 aromatic heterocycles. The lowest BCUT2D eigenvalue weighted by atomic mass is 9.91. The van der Waals surface area contributed by atoms with Crippen LogP contribution in [0.4, 0.5) is 5.69 Å². The summed E-state index contributed by atoms with van der Waals surface area (Å²) >= 11 is 0.971. The number of esters is 3. The molecule has 0 radical (unpaired) electrons. The number of aryl methyl sites for hydroxylation is 1. The Bertz CT molecular complexity index is 1330. The van der Waals surface area contributed by atoms with Gasteiger partial charge in [0.05, 0.1) is 28.4 Å². The number of nitro groups is 1. The van der Waals surface area contributed by atoms with Gasteiger partial charge in [0.25, 0.3) is 11.2 Å². The Labute approximate surface area is 229 Å². The molecule has 0 unspecified atom stereocenters. The average Bonchev–Trinajstić information content (AvgIpc) is 2.88. The van der Waals surface area contributed by atoms with Gasteiger partial charge < -0.3 is 14.2 Å². The molecule has 1 aliphatic heterocycles. The van der Waals surface area contributed by atoms with Crippen molar-refractivity contribution in [3.05, 3.63) is 69.8 Å². The standard InChI is InChI=1S/C25H28N2O10S2/c1-5-35-23(29)25(24(30)36-6-2)21(37-17(4)28)15-38-22(18-9-11-19(12-10-18)27(31)32)26(25)39(33,34)20-13-7-16(3)8-14-20/h7-14,21-22H,5-6,15H2,1-4H3/t21-,22+/m1/s1. The molecule has 2 atom stereocenters. The fraction of sp³-hybridized carbons (Fsp3) is 0.400. The van der Waals surface area contributed by atoms with E-state index in [-0.39, 0.29) is 35.1 Å². The average molecular weight is 581 g/mol. The molecule has 39 heavy (non-hydrogen) atoms. The molecular weight excluding hydrogens is 552 g/mol. The minimum Gasteiger partial charge on any atom is -0.464 e. The van der Waals surface area contributed by atoms with E-state index < -0.39 is 49.9 Å². The molecule has 2 aromatic carbocycles. The van der Waals surface area contributed by atoms with Crippen molar-refractivity contribution in [2.75, 3.05) is 19.0 Å². The third-order valence-electron chi connectivity index (χ3n) is 5.88. The van der Waals surface area contributed by atoms with E-state index in [0.29, 0.717) is 4.31 Å². The van der Waals surface area contributed by atoms with E-state index in [9.17, 15) is 32.9 Å². The topological polar surface area (TPSA) is 159 Å². The van der Waals surface area contributed by atoms with E-state index in [2.05, 4.69) is 0 Å². The summed E-state index contributed by atoms with van der Waals surface area (Å²) in [5.41, 5.74) is -2.01. The van der Waals surface area contributed by atoms with Crippen molar-refractivity contribution in [2.45, 2.75) is 49.6 Å². The summed E-state index contributed by atoms with van der Waals surface area (Å²) in [6.45, 7) is 5.32. The highest BCUT2D eigenvalue weighted by atomic mass is 32.2. The number of nitro benzene ring substituents is 1. The van der Waals surface area contributed by atoms with Crippen molar-refractivity contribution in [1.82, 2.24) is 4.31 Å². The van der Waals surface area contributed by atoms with Crippen molar-refractivity contribution < 1.29 is 41.9 Å². The van der Waals surface area contributed by atoms with Gasteiger partial charge in [-0.3, -0.25) is 14.9 Å². The molecule has 0 aliphatic carbocycles. The molecule has 3 rings (SSSR count). The van der Waals surface area contributed by atoms with Crippen molar-refractivity contribution in [2.24, 2.45) is 0 Å². The van der Waals surface area contributed by atoms with Crippen LogP contribution in [0.5, 0.6) is 0 Å². The van der Waals surface area contributed by atoms with Crippen molar-refractivity contribution >= 4 is 45.4 Å². The molecule has 210 valence electrons. The summed E-state index contributed by atoms with van der Waals surface area (Å²) in [7, 11) is -4.72. The first-order valence-electron chi connectivity index (χ1n) is 11.9. The number of carbonyl (C=O) groups is 3. The van der Waals surface area contributed by atoms with Crippen LogP contribution in [0.1, 0.15) is 37.3 Å². The van der Waals surface area contributed by atoms with Crippen LogP contribution in [0.3, 0.4) is 0 Å². The van der Waals surface area contributed by atoms with Crippen LogP contribution in [-0.2, 0) is 38.6 Å². The first-order valence-corrected chi connectivity index (χ1v) is 14.4. The summed E-state index contributed by atoms with van der Waals surface area (Å²) in [6.07, 6.45) is -1.62. The molecule has 0 spiro atoms. The Hall–Kier alpha value is -3.49. The highest BCUT2D eigenvalue weighted by Gasteiger charge is 2.69. The molecule has 0 saturated carbocycles. The van der Waals surface area contributed by atoms with Crippen molar-refractivity contribution in [1.29, 1.82) is 0 Å². The van der Waals surface area contributed by atoms with Gasteiger partial charge in [0.2, 0.25) is 10.0 Å². The lowest BCUT2D eigenvalue weighted by Gasteiger charge is -2.49. The molecule has 1 fully saturated rings. The summed E-state index contributed by atoms with van der Waals surface area (Å²) in [4.78, 5) is 50.0. The minimum atomic E-state index is -4.72. The quantitative estimate of drug-likeness (QED) is 0.141. The fourth-order valence-corrected chi connectivity index (χ4v) is 7.72. The van der Waals surface area contributed by atoms with E-state index in [4.69, 9.17) is 14.2 Å². The number of ether oxygens (including phenoxy) is 3. The van der Waals surface area contributed by atoms with Gasteiger partial charge in [-0.05, 0) is 50.6 Å². The number of hydrogen-bond donors (Lipinski definition) is 0. The van der Waals surface area contributed by atoms with Crippen LogP contribution in [0, 0.1) is 17.0 Å². The van der Waals surface area contributed by atoms with Crippen LogP contribution in [-0.4, -0.2) is 66.2 Å². The van der Waals surface area contributed by atoms with Gasteiger partial charge in [0.1, 0.15) is 0 Å². The van der Waals surface area contributed by atoms with Gasteiger partial charge in [-0.15, -0.1) is 16.1 Å². The van der Waals surface area contributed by atoms with Gasteiger partial charge in [0, 0.05) is 24.8 Å². The van der Waals surface area contributed by atoms with Gasteiger partial charge in [-0.2, -0.15) is 0 Å². The number of thioether (sulfide) groups is 1. The molecule has 2 aromatic rings. The molecule has 0 bridgehead atoms.